The number of likely N-dealkylation sites (tertiary alicyclic amines) is 1. The van der Waals surface area contributed by atoms with Crippen LogP contribution in [0.4, 0.5) is 0 Å². The lowest BCUT2D eigenvalue weighted by Crippen LogP contribution is -2.32. The van der Waals surface area contributed by atoms with Gasteiger partial charge in [0.2, 0.25) is 5.91 Å². The molecule has 1 heterocycles. The predicted octanol–water partition coefficient (Wildman–Crippen LogP) is 2.35. The maximum absolute atomic E-state index is 12.3. The van der Waals surface area contributed by atoms with E-state index in [-0.39, 0.29) is 18.4 Å². The van der Waals surface area contributed by atoms with Crippen LogP contribution in [0.15, 0.2) is 24.3 Å². The minimum absolute atomic E-state index is 0.0121. The molecule has 1 N–H and O–H groups in total. The van der Waals surface area contributed by atoms with E-state index in [0.29, 0.717) is 30.7 Å². The zero-order valence-corrected chi connectivity index (χ0v) is 13.9. The summed E-state index contributed by atoms with van der Waals surface area (Å²) in [6.45, 7) is 4.84. The van der Waals surface area contributed by atoms with Gasteiger partial charge in [-0.2, -0.15) is 5.26 Å². The number of carboxylic acid groups (broad SMARTS) is 1. The number of rotatable bonds is 7. The van der Waals surface area contributed by atoms with Gasteiger partial charge in [-0.25, -0.2) is 0 Å². The zero-order chi connectivity index (χ0) is 17.7. The molecule has 1 aliphatic heterocycles. The molecule has 0 radical (unpaired) electrons. The first kappa shape index (κ1) is 18.0. The van der Waals surface area contributed by atoms with Crippen LogP contribution in [0.3, 0.4) is 0 Å². The van der Waals surface area contributed by atoms with Gasteiger partial charge in [-0.05, 0) is 38.0 Å². The van der Waals surface area contributed by atoms with E-state index in [0.717, 1.165) is 0 Å². The first-order chi connectivity index (χ1) is 11.4. The van der Waals surface area contributed by atoms with Gasteiger partial charge >= 0.3 is 5.97 Å². The van der Waals surface area contributed by atoms with Gasteiger partial charge in [-0.3, -0.25) is 9.59 Å². The molecule has 1 saturated heterocycles. The molecule has 0 bridgehead atoms. The molecule has 128 valence electrons. The summed E-state index contributed by atoms with van der Waals surface area (Å²) >= 11 is 0. The lowest BCUT2D eigenvalue weighted by molar-refractivity contribution is -0.142. The summed E-state index contributed by atoms with van der Waals surface area (Å²) in [6.07, 6.45) is 0.751. The Hall–Kier alpha value is -2.39. The summed E-state index contributed by atoms with van der Waals surface area (Å²) in [5.41, 5.74) is 1.15. The summed E-state index contributed by atoms with van der Waals surface area (Å²) in [5.74, 6) is -1.95. The average Bonchev–Trinajstić information content (AvgIpc) is 2.88. The highest BCUT2D eigenvalue weighted by atomic mass is 16.5. The fraction of sp³-hybridized carbons (Fsp3) is 0.500. The maximum Gasteiger partial charge on any atom is 0.309 e. The van der Waals surface area contributed by atoms with Crippen LogP contribution in [0, 0.1) is 17.2 Å². The number of hydrogen-bond donors (Lipinski definition) is 1. The normalized spacial score (nSPS) is 20.4. The lowest BCUT2D eigenvalue weighted by atomic mass is 9.93. The maximum atomic E-state index is 12.3. The van der Waals surface area contributed by atoms with Crippen LogP contribution < -0.4 is 0 Å². The third kappa shape index (κ3) is 4.12. The summed E-state index contributed by atoms with van der Waals surface area (Å²) in [4.78, 5) is 25.5. The fourth-order valence-corrected chi connectivity index (χ4v) is 3.03. The molecule has 0 aromatic heterocycles. The molecule has 2 atom stereocenters. The van der Waals surface area contributed by atoms with E-state index in [1.54, 1.807) is 29.2 Å². The van der Waals surface area contributed by atoms with Crippen molar-refractivity contribution in [1.29, 1.82) is 5.26 Å². The molecule has 1 amide bonds. The molecule has 0 saturated carbocycles. The SMILES string of the molecule is CC(C)OCCCN1C(=O)C[C@H](C(=O)O)[C@@H]1c1cccc(C#N)c1. The molecule has 2 rings (SSSR count). The summed E-state index contributed by atoms with van der Waals surface area (Å²) < 4.78 is 5.49. The number of ether oxygens (including phenoxy) is 1. The van der Waals surface area contributed by atoms with Crippen molar-refractivity contribution in [3.63, 3.8) is 0 Å². The van der Waals surface area contributed by atoms with Crippen molar-refractivity contribution in [2.45, 2.75) is 38.8 Å². The van der Waals surface area contributed by atoms with Crippen LogP contribution in [-0.4, -0.2) is 41.1 Å². The van der Waals surface area contributed by atoms with Crippen molar-refractivity contribution in [2.75, 3.05) is 13.2 Å². The van der Waals surface area contributed by atoms with Gasteiger partial charge in [-0.1, -0.05) is 12.1 Å². The van der Waals surface area contributed by atoms with E-state index in [2.05, 4.69) is 6.07 Å². The monoisotopic (exact) mass is 330 g/mol. The predicted molar refractivity (Wildman–Crippen MR) is 87.1 cm³/mol. The Bertz CT molecular complexity index is 651. The molecule has 0 unspecified atom stereocenters. The number of amides is 1. The van der Waals surface area contributed by atoms with E-state index in [9.17, 15) is 14.7 Å². The van der Waals surface area contributed by atoms with Crippen LogP contribution in [0.25, 0.3) is 0 Å². The van der Waals surface area contributed by atoms with Crippen molar-refractivity contribution >= 4 is 11.9 Å². The zero-order valence-electron chi connectivity index (χ0n) is 13.9. The summed E-state index contributed by atoms with van der Waals surface area (Å²) in [7, 11) is 0. The molecule has 1 fully saturated rings. The van der Waals surface area contributed by atoms with Crippen LogP contribution in [0.1, 0.15) is 43.9 Å². The van der Waals surface area contributed by atoms with Gasteiger partial charge in [0.15, 0.2) is 0 Å². The highest BCUT2D eigenvalue weighted by molar-refractivity contribution is 5.87. The van der Waals surface area contributed by atoms with Gasteiger partial charge in [0, 0.05) is 19.6 Å². The van der Waals surface area contributed by atoms with Gasteiger partial charge in [0.25, 0.3) is 0 Å². The number of benzene rings is 1. The fourth-order valence-electron chi connectivity index (χ4n) is 3.03. The number of carbonyl (C=O) groups is 2. The molecular weight excluding hydrogens is 308 g/mol. The Labute approximate surface area is 141 Å². The van der Waals surface area contributed by atoms with Crippen molar-refractivity contribution in [3.05, 3.63) is 35.4 Å². The Morgan fingerprint density at radius 1 is 1.50 bits per heavy atom. The van der Waals surface area contributed by atoms with Crippen LogP contribution in [0.2, 0.25) is 0 Å². The summed E-state index contributed by atoms with van der Waals surface area (Å²) in [5, 5.41) is 18.5. The van der Waals surface area contributed by atoms with Crippen LogP contribution >= 0.6 is 0 Å². The van der Waals surface area contributed by atoms with Crippen molar-refractivity contribution in [3.8, 4) is 6.07 Å². The van der Waals surface area contributed by atoms with Gasteiger partial charge in [0.05, 0.1) is 29.7 Å². The molecular formula is C18H22N2O4. The molecule has 0 spiro atoms. The molecule has 1 aromatic carbocycles. The molecule has 6 nitrogen and oxygen atoms in total. The van der Waals surface area contributed by atoms with Crippen LogP contribution in [-0.2, 0) is 14.3 Å². The minimum atomic E-state index is -0.989. The second kappa shape index (κ2) is 7.93. The molecule has 1 aliphatic rings. The standard InChI is InChI=1S/C18H22N2O4/c1-12(2)24-8-4-7-20-16(21)10-15(18(22)23)17(20)14-6-3-5-13(9-14)11-19/h3,5-6,9,12,15,17H,4,7-8,10H2,1-2H3,(H,22,23)/t15-,17-/m0/s1. The third-order valence-corrected chi connectivity index (χ3v) is 4.10. The first-order valence-electron chi connectivity index (χ1n) is 8.08. The Morgan fingerprint density at radius 2 is 2.25 bits per heavy atom. The average molecular weight is 330 g/mol. The van der Waals surface area contributed by atoms with E-state index in [1.165, 1.54) is 0 Å². The highest BCUT2D eigenvalue weighted by Gasteiger charge is 2.44. The Kier molecular flexibility index (Phi) is 5.93. The quantitative estimate of drug-likeness (QED) is 0.775. The largest absolute Gasteiger partial charge is 0.481 e. The van der Waals surface area contributed by atoms with Crippen molar-refractivity contribution < 1.29 is 19.4 Å². The Morgan fingerprint density at radius 3 is 2.88 bits per heavy atom. The lowest BCUT2D eigenvalue weighted by Gasteiger charge is -2.27. The second-order valence-corrected chi connectivity index (χ2v) is 6.19. The van der Waals surface area contributed by atoms with Crippen molar-refractivity contribution in [2.24, 2.45) is 5.92 Å². The smallest absolute Gasteiger partial charge is 0.309 e. The third-order valence-electron chi connectivity index (χ3n) is 4.10. The van der Waals surface area contributed by atoms with Crippen LogP contribution in [0.5, 0.6) is 0 Å². The number of carbonyl (C=O) groups excluding carboxylic acids is 1. The van der Waals surface area contributed by atoms with Gasteiger partial charge in [0.1, 0.15) is 0 Å². The van der Waals surface area contributed by atoms with E-state index in [1.807, 2.05) is 13.8 Å². The number of carboxylic acids is 1. The number of nitriles is 1. The molecule has 0 aliphatic carbocycles. The van der Waals surface area contributed by atoms with Gasteiger partial charge < -0.3 is 14.7 Å². The molecule has 1 aromatic rings. The minimum Gasteiger partial charge on any atom is -0.481 e. The number of nitrogens with zero attached hydrogens (tertiary/aromatic N) is 2. The topological polar surface area (TPSA) is 90.6 Å². The van der Waals surface area contributed by atoms with E-state index >= 15 is 0 Å². The van der Waals surface area contributed by atoms with E-state index < -0.39 is 17.9 Å². The number of aliphatic carboxylic acids is 1. The first-order valence-corrected chi connectivity index (χ1v) is 8.08. The van der Waals surface area contributed by atoms with Gasteiger partial charge in [-0.15, -0.1) is 0 Å². The molecule has 6 heteroatoms. The van der Waals surface area contributed by atoms with Crippen molar-refractivity contribution in [1.82, 2.24) is 4.90 Å². The number of hydrogen-bond acceptors (Lipinski definition) is 4. The highest BCUT2D eigenvalue weighted by Crippen LogP contribution is 2.38. The van der Waals surface area contributed by atoms with E-state index in [4.69, 9.17) is 10.00 Å². The molecule has 24 heavy (non-hydrogen) atoms. The second-order valence-electron chi connectivity index (χ2n) is 6.19. The summed E-state index contributed by atoms with van der Waals surface area (Å²) in [6, 6.07) is 8.34. The Balaban J connectivity index is 2.21.